The van der Waals surface area contributed by atoms with Crippen LogP contribution in [0.3, 0.4) is 0 Å². The minimum Gasteiger partial charge on any atom is -0.352 e. The number of aryl methyl sites for hydroxylation is 1. The summed E-state index contributed by atoms with van der Waals surface area (Å²) in [7, 11) is 0. The van der Waals surface area contributed by atoms with Crippen LogP contribution in [0.25, 0.3) is 0 Å². The van der Waals surface area contributed by atoms with Crippen molar-refractivity contribution in [3.63, 3.8) is 0 Å². The van der Waals surface area contributed by atoms with Crippen LogP contribution in [-0.4, -0.2) is 21.8 Å². The first-order chi connectivity index (χ1) is 9.15. The van der Waals surface area contributed by atoms with E-state index in [4.69, 9.17) is 0 Å². The van der Waals surface area contributed by atoms with E-state index >= 15 is 0 Å². The van der Waals surface area contributed by atoms with Crippen LogP contribution in [0.15, 0.2) is 42.2 Å². The molecule has 1 heterocycles. The molecule has 0 aliphatic heterocycles. The zero-order valence-electron chi connectivity index (χ0n) is 10.2. The van der Waals surface area contributed by atoms with Gasteiger partial charge in [-0.05, 0) is 19.1 Å². The van der Waals surface area contributed by atoms with Gasteiger partial charge >= 0.3 is 0 Å². The summed E-state index contributed by atoms with van der Waals surface area (Å²) < 4.78 is 0. The van der Waals surface area contributed by atoms with E-state index in [-0.39, 0.29) is 23.0 Å². The van der Waals surface area contributed by atoms with E-state index in [0.717, 1.165) is 11.3 Å². The lowest BCUT2D eigenvalue weighted by molar-refractivity contribution is 0.0983. The number of hydrogen-bond donors (Lipinski definition) is 2. The van der Waals surface area contributed by atoms with Gasteiger partial charge in [0.15, 0.2) is 5.78 Å². The van der Waals surface area contributed by atoms with Crippen LogP contribution in [-0.2, 0) is 0 Å². The molecule has 0 unspecified atom stereocenters. The second-order valence-corrected chi connectivity index (χ2v) is 4.40. The van der Waals surface area contributed by atoms with Crippen LogP contribution in [0.1, 0.15) is 26.4 Å². The molecule has 94 valence electrons. The number of Topliss-reactive ketones (excluding diaryl/α,β-unsaturated/α-hetero) is 1. The van der Waals surface area contributed by atoms with Gasteiger partial charge in [0.2, 0.25) is 5.78 Å². The highest BCUT2D eigenvalue weighted by Gasteiger charge is 2.27. The van der Waals surface area contributed by atoms with Crippen molar-refractivity contribution in [3.05, 3.63) is 59.1 Å². The fourth-order valence-corrected chi connectivity index (χ4v) is 1.94. The van der Waals surface area contributed by atoms with E-state index in [1.807, 2.05) is 31.2 Å². The number of benzene rings is 1. The van der Waals surface area contributed by atoms with Gasteiger partial charge in [-0.2, -0.15) is 5.10 Å². The SMILES string of the molecule is Cc1ccc(NC2=CC(=O)c3cn[nH]c3C2=O)cc1. The number of rotatable bonds is 2. The van der Waals surface area contributed by atoms with Crippen molar-refractivity contribution >= 4 is 17.3 Å². The Hall–Kier alpha value is -2.69. The lowest BCUT2D eigenvalue weighted by atomic mass is 9.99. The summed E-state index contributed by atoms with van der Waals surface area (Å²) in [6, 6.07) is 7.58. The number of allylic oxidation sites excluding steroid dienone is 2. The predicted molar refractivity (Wildman–Crippen MR) is 70.1 cm³/mol. The molecule has 0 spiro atoms. The topological polar surface area (TPSA) is 74.8 Å². The largest absolute Gasteiger partial charge is 0.352 e. The van der Waals surface area contributed by atoms with E-state index < -0.39 is 0 Å². The molecule has 1 aromatic carbocycles. The van der Waals surface area contributed by atoms with Gasteiger partial charge in [-0.3, -0.25) is 14.7 Å². The maximum atomic E-state index is 12.1. The molecular weight excluding hydrogens is 242 g/mol. The second-order valence-electron chi connectivity index (χ2n) is 4.40. The van der Waals surface area contributed by atoms with Crippen molar-refractivity contribution in [3.8, 4) is 0 Å². The van der Waals surface area contributed by atoms with Crippen molar-refractivity contribution in [1.82, 2.24) is 10.2 Å². The lowest BCUT2D eigenvalue weighted by Crippen LogP contribution is -2.21. The molecule has 0 bridgehead atoms. The molecule has 1 aliphatic rings. The second kappa shape index (κ2) is 4.20. The number of fused-ring (bicyclic) bond motifs is 1. The Balaban J connectivity index is 1.92. The first-order valence-electron chi connectivity index (χ1n) is 5.83. The molecule has 0 saturated heterocycles. The van der Waals surface area contributed by atoms with Crippen LogP contribution in [0, 0.1) is 6.92 Å². The summed E-state index contributed by atoms with van der Waals surface area (Å²) >= 11 is 0. The van der Waals surface area contributed by atoms with Crippen LogP contribution in [0.2, 0.25) is 0 Å². The number of hydrogen-bond acceptors (Lipinski definition) is 4. The minimum absolute atomic E-state index is 0.224. The van der Waals surface area contributed by atoms with Crippen molar-refractivity contribution in [2.75, 3.05) is 5.32 Å². The molecular formula is C14H11N3O2. The van der Waals surface area contributed by atoms with Gasteiger partial charge in [-0.25, -0.2) is 0 Å². The molecule has 0 fully saturated rings. The monoisotopic (exact) mass is 253 g/mol. The standard InChI is InChI=1S/C14H11N3O2/c1-8-2-4-9(5-3-8)16-11-6-12(18)10-7-15-17-13(10)14(11)19/h2-7,16H,1H3,(H,15,17). The highest BCUT2D eigenvalue weighted by molar-refractivity contribution is 6.24. The van der Waals surface area contributed by atoms with E-state index in [2.05, 4.69) is 15.5 Å². The van der Waals surface area contributed by atoms with Crippen LogP contribution < -0.4 is 5.32 Å². The molecule has 2 N–H and O–H groups in total. The maximum Gasteiger partial charge on any atom is 0.227 e. The third-order valence-electron chi connectivity index (χ3n) is 2.98. The van der Waals surface area contributed by atoms with Crippen LogP contribution in [0.5, 0.6) is 0 Å². The highest BCUT2D eigenvalue weighted by atomic mass is 16.1. The number of carbonyl (C=O) groups excluding carboxylic acids is 2. The zero-order valence-corrected chi connectivity index (χ0v) is 10.2. The molecule has 0 radical (unpaired) electrons. The van der Waals surface area contributed by atoms with Crippen LogP contribution in [0.4, 0.5) is 5.69 Å². The normalized spacial score (nSPS) is 14.1. The van der Waals surface area contributed by atoms with Gasteiger partial charge < -0.3 is 5.32 Å². The Labute approximate surface area is 109 Å². The fourth-order valence-electron chi connectivity index (χ4n) is 1.94. The summed E-state index contributed by atoms with van der Waals surface area (Å²) in [5.74, 6) is -0.481. The molecule has 0 atom stereocenters. The molecule has 0 saturated carbocycles. The molecule has 5 nitrogen and oxygen atoms in total. The highest BCUT2D eigenvalue weighted by Crippen LogP contribution is 2.21. The molecule has 2 aromatic rings. The summed E-state index contributed by atoms with van der Waals surface area (Å²) in [6.45, 7) is 1.98. The van der Waals surface area contributed by atoms with Gasteiger partial charge in [0.05, 0.1) is 17.5 Å². The summed E-state index contributed by atoms with van der Waals surface area (Å²) in [4.78, 5) is 24.0. The Bertz CT molecular complexity index is 696. The van der Waals surface area contributed by atoms with Crippen LogP contribution >= 0.6 is 0 Å². The third kappa shape index (κ3) is 1.95. The van der Waals surface area contributed by atoms with Gasteiger partial charge in [-0.1, -0.05) is 17.7 Å². The number of nitrogens with one attached hydrogen (secondary N) is 2. The average molecular weight is 253 g/mol. The molecule has 19 heavy (non-hydrogen) atoms. The van der Waals surface area contributed by atoms with Crippen molar-refractivity contribution < 1.29 is 9.59 Å². The van der Waals surface area contributed by atoms with Gasteiger partial charge in [0.25, 0.3) is 0 Å². The van der Waals surface area contributed by atoms with Gasteiger partial charge in [-0.15, -0.1) is 0 Å². The van der Waals surface area contributed by atoms with Crippen molar-refractivity contribution in [2.24, 2.45) is 0 Å². The minimum atomic E-state index is -0.257. The van der Waals surface area contributed by atoms with E-state index in [1.54, 1.807) is 0 Å². The Kier molecular flexibility index (Phi) is 2.52. The van der Waals surface area contributed by atoms with Gasteiger partial charge in [0.1, 0.15) is 5.69 Å². The number of anilines is 1. The Morgan fingerprint density at radius 1 is 1.16 bits per heavy atom. The van der Waals surface area contributed by atoms with E-state index in [0.29, 0.717) is 5.56 Å². The number of H-pyrrole nitrogens is 1. The Morgan fingerprint density at radius 3 is 2.63 bits per heavy atom. The smallest absolute Gasteiger partial charge is 0.227 e. The number of ketones is 2. The number of nitrogens with zero attached hydrogens (tertiary/aromatic N) is 1. The zero-order chi connectivity index (χ0) is 13.4. The first-order valence-corrected chi connectivity index (χ1v) is 5.83. The Morgan fingerprint density at radius 2 is 1.89 bits per heavy atom. The number of carbonyl (C=O) groups is 2. The molecule has 0 amide bonds. The molecule has 5 heteroatoms. The number of aromatic amines is 1. The van der Waals surface area contributed by atoms with E-state index in [9.17, 15) is 9.59 Å². The van der Waals surface area contributed by atoms with E-state index in [1.165, 1.54) is 12.3 Å². The molecule has 1 aliphatic carbocycles. The summed E-state index contributed by atoms with van der Waals surface area (Å²) in [5, 5.41) is 9.25. The third-order valence-corrected chi connectivity index (χ3v) is 2.98. The molecule has 3 rings (SSSR count). The first kappa shape index (κ1) is 11.4. The maximum absolute atomic E-state index is 12.1. The molecule has 1 aromatic heterocycles. The van der Waals surface area contributed by atoms with Crippen molar-refractivity contribution in [2.45, 2.75) is 6.92 Å². The number of aromatic nitrogens is 2. The summed E-state index contributed by atoms with van der Waals surface area (Å²) in [6.07, 6.45) is 2.68. The quantitative estimate of drug-likeness (QED) is 0.859. The van der Waals surface area contributed by atoms with Gasteiger partial charge in [0, 0.05) is 11.8 Å². The fraction of sp³-hybridized carbons (Fsp3) is 0.0714. The summed E-state index contributed by atoms with van der Waals surface area (Å²) in [5.41, 5.74) is 2.70. The lowest BCUT2D eigenvalue weighted by Gasteiger charge is -2.13. The average Bonchev–Trinajstić information content (AvgIpc) is 2.88. The predicted octanol–water partition coefficient (Wildman–Crippen LogP) is 2.09. The van der Waals surface area contributed by atoms with Crippen molar-refractivity contribution in [1.29, 1.82) is 0 Å².